The van der Waals surface area contributed by atoms with Gasteiger partial charge in [-0.25, -0.2) is 0 Å². The van der Waals surface area contributed by atoms with Gasteiger partial charge in [0, 0.05) is 18.4 Å². The Kier molecular flexibility index (Phi) is 4.77. The average molecular weight is 227 g/mol. The van der Waals surface area contributed by atoms with Crippen LogP contribution >= 0.6 is 0 Å². The summed E-state index contributed by atoms with van der Waals surface area (Å²) in [6.45, 7) is 2.49. The summed E-state index contributed by atoms with van der Waals surface area (Å²) in [5, 5.41) is 11.3. The van der Waals surface area contributed by atoms with Crippen LogP contribution in [0.3, 0.4) is 0 Å². The van der Waals surface area contributed by atoms with E-state index < -0.39 is 5.97 Å². The van der Waals surface area contributed by atoms with Crippen LogP contribution in [0.1, 0.15) is 51.9 Å². The third-order valence-electron chi connectivity index (χ3n) is 3.36. The number of carboxylic acids is 1. The van der Waals surface area contributed by atoms with Crippen molar-refractivity contribution in [3.8, 4) is 0 Å². The maximum Gasteiger partial charge on any atom is 0.303 e. The molecule has 0 unspecified atom stereocenters. The molecular weight excluding hydrogens is 206 g/mol. The molecular formula is C12H21NO3. The van der Waals surface area contributed by atoms with E-state index in [1.807, 2.05) is 6.92 Å². The lowest BCUT2D eigenvalue weighted by atomic mass is 9.75. The monoisotopic (exact) mass is 227 g/mol. The predicted octanol–water partition coefficient (Wildman–Crippen LogP) is 1.94. The zero-order chi connectivity index (χ0) is 12.0. The molecule has 92 valence electrons. The maximum absolute atomic E-state index is 11.9. The Hall–Kier alpha value is -1.06. The van der Waals surface area contributed by atoms with E-state index in [2.05, 4.69) is 5.32 Å². The molecule has 1 amide bonds. The van der Waals surface area contributed by atoms with Crippen LogP contribution in [0, 0.1) is 5.41 Å². The van der Waals surface area contributed by atoms with Gasteiger partial charge in [-0.15, -0.1) is 0 Å². The summed E-state index contributed by atoms with van der Waals surface area (Å²) in [5.74, 6) is -0.712. The third kappa shape index (κ3) is 3.83. The number of amides is 1. The van der Waals surface area contributed by atoms with Crippen LogP contribution in [-0.2, 0) is 9.59 Å². The molecule has 2 N–H and O–H groups in total. The zero-order valence-electron chi connectivity index (χ0n) is 9.92. The van der Waals surface area contributed by atoms with Crippen molar-refractivity contribution in [3.05, 3.63) is 0 Å². The Morgan fingerprint density at radius 2 is 1.88 bits per heavy atom. The molecule has 0 saturated heterocycles. The van der Waals surface area contributed by atoms with Gasteiger partial charge in [-0.3, -0.25) is 9.59 Å². The summed E-state index contributed by atoms with van der Waals surface area (Å²) in [4.78, 5) is 22.2. The fourth-order valence-corrected chi connectivity index (χ4v) is 2.21. The molecule has 1 saturated carbocycles. The molecule has 0 aromatic rings. The van der Waals surface area contributed by atoms with Crippen molar-refractivity contribution in [2.24, 2.45) is 5.41 Å². The number of carbonyl (C=O) groups is 2. The Bertz CT molecular complexity index is 257. The molecule has 1 fully saturated rings. The molecule has 0 bridgehead atoms. The van der Waals surface area contributed by atoms with E-state index in [1.165, 1.54) is 6.42 Å². The normalized spacial score (nSPS) is 19.1. The van der Waals surface area contributed by atoms with E-state index in [9.17, 15) is 9.59 Å². The number of rotatable bonds is 5. The minimum Gasteiger partial charge on any atom is -0.481 e. The molecule has 0 aliphatic heterocycles. The Balaban J connectivity index is 2.25. The van der Waals surface area contributed by atoms with Crippen molar-refractivity contribution in [2.45, 2.75) is 51.9 Å². The third-order valence-corrected chi connectivity index (χ3v) is 3.36. The van der Waals surface area contributed by atoms with Crippen molar-refractivity contribution >= 4 is 11.9 Å². The Morgan fingerprint density at radius 3 is 2.44 bits per heavy atom. The van der Waals surface area contributed by atoms with Crippen LogP contribution in [0.15, 0.2) is 0 Å². The molecule has 1 aliphatic carbocycles. The first kappa shape index (κ1) is 13.0. The highest BCUT2D eigenvalue weighted by Crippen LogP contribution is 2.35. The Morgan fingerprint density at radius 1 is 1.25 bits per heavy atom. The van der Waals surface area contributed by atoms with E-state index in [-0.39, 0.29) is 17.7 Å². The number of carboxylic acid groups (broad SMARTS) is 1. The number of aliphatic carboxylic acids is 1. The van der Waals surface area contributed by atoms with Gasteiger partial charge in [0.1, 0.15) is 0 Å². The van der Waals surface area contributed by atoms with Gasteiger partial charge in [-0.1, -0.05) is 26.2 Å². The fourth-order valence-electron chi connectivity index (χ4n) is 2.21. The topological polar surface area (TPSA) is 66.4 Å². The van der Waals surface area contributed by atoms with Gasteiger partial charge in [0.25, 0.3) is 0 Å². The van der Waals surface area contributed by atoms with Crippen LogP contribution in [0.25, 0.3) is 0 Å². The second-order valence-electron chi connectivity index (χ2n) is 4.87. The molecule has 0 aromatic heterocycles. The molecule has 0 spiro atoms. The van der Waals surface area contributed by atoms with Crippen LogP contribution in [0.5, 0.6) is 0 Å². The first-order chi connectivity index (χ1) is 7.54. The van der Waals surface area contributed by atoms with E-state index >= 15 is 0 Å². The second kappa shape index (κ2) is 5.87. The number of hydrogen-bond donors (Lipinski definition) is 2. The smallest absolute Gasteiger partial charge is 0.303 e. The summed E-state index contributed by atoms with van der Waals surface area (Å²) in [6.07, 6.45) is 6.02. The Labute approximate surface area is 96.4 Å². The van der Waals surface area contributed by atoms with Gasteiger partial charge >= 0.3 is 5.97 Å². The van der Waals surface area contributed by atoms with Gasteiger partial charge in [-0.05, 0) is 19.3 Å². The van der Waals surface area contributed by atoms with Crippen molar-refractivity contribution in [3.63, 3.8) is 0 Å². The standard InChI is InChI=1S/C12H21NO3/c1-12(7-3-2-4-8-12)11(16)13-9-5-6-10(14)15/h2-9H2,1H3,(H,13,16)(H,14,15). The van der Waals surface area contributed by atoms with Crippen molar-refractivity contribution < 1.29 is 14.7 Å². The van der Waals surface area contributed by atoms with Gasteiger partial charge in [0.15, 0.2) is 0 Å². The zero-order valence-corrected chi connectivity index (χ0v) is 9.92. The highest BCUT2D eigenvalue weighted by molar-refractivity contribution is 5.82. The molecule has 0 atom stereocenters. The quantitative estimate of drug-likeness (QED) is 0.705. The summed E-state index contributed by atoms with van der Waals surface area (Å²) in [7, 11) is 0. The summed E-state index contributed by atoms with van der Waals surface area (Å²) in [5.41, 5.74) is -0.221. The van der Waals surface area contributed by atoms with E-state index in [4.69, 9.17) is 5.11 Å². The molecule has 1 aliphatic rings. The van der Waals surface area contributed by atoms with E-state index in [0.717, 1.165) is 25.7 Å². The lowest BCUT2D eigenvalue weighted by Crippen LogP contribution is -2.40. The number of carbonyl (C=O) groups excluding carboxylic acids is 1. The summed E-state index contributed by atoms with van der Waals surface area (Å²) >= 11 is 0. The van der Waals surface area contributed by atoms with Gasteiger partial charge in [0.05, 0.1) is 0 Å². The van der Waals surface area contributed by atoms with Gasteiger partial charge in [-0.2, -0.15) is 0 Å². The number of nitrogens with one attached hydrogen (secondary N) is 1. The SMILES string of the molecule is CC1(C(=O)NCCCC(=O)O)CCCCC1. The number of hydrogen-bond acceptors (Lipinski definition) is 2. The van der Waals surface area contributed by atoms with E-state index in [1.54, 1.807) is 0 Å². The average Bonchev–Trinajstić information content (AvgIpc) is 2.25. The highest BCUT2D eigenvalue weighted by atomic mass is 16.4. The molecule has 16 heavy (non-hydrogen) atoms. The lowest BCUT2D eigenvalue weighted by molar-refractivity contribution is -0.137. The van der Waals surface area contributed by atoms with E-state index in [0.29, 0.717) is 13.0 Å². The first-order valence-electron chi connectivity index (χ1n) is 6.05. The molecule has 0 radical (unpaired) electrons. The first-order valence-corrected chi connectivity index (χ1v) is 6.05. The van der Waals surface area contributed by atoms with Crippen LogP contribution < -0.4 is 5.32 Å². The predicted molar refractivity (Wildman–Crippen MR) is 61.1 cm³/mol. The minimum absolute atomic E-state index is 0.0950. The lowest BCUT2D eigenvalue weighted by Gasteiger charge is -2.31. The summed E-state index contributed by atoms with van der Waals surface area (Å²) < 4.78 is 0. The molecule has 1 rings (SSSR count). The van der Waals surface area contributed by atoms with Gasteiger partial charge < -0.3 is 10.4 Å². The van der Waals surface area contributed by atoms with Crippen molar-refractivity contribution in [1.82, 2.24) is 5.32 Å². The second-order valence-corrected chi connectivity index (χ2v) is 4.87. The largest absolute Gasteiger partial charge is 0.481 e. The van der Waals surface area contributed by atoms with Crippen LogP contribution in [0.2, 0.25) is 0 Å². The summed E-state index contributed by atoms with van der Waals surface area (Å²) in [6, 6.07) is 0. The van der Waals surface area contributed by atoms with Crippen LogP contribution in [0.4, 0.5) is 0 Å². The maximum atomic E-state index is 11.9. The minimum atomic E-state index is -0.807. The highest BCUT2D eigenvalue weighted by Gasteiger charge is 2.33. The molecule has 0 aromatic carbocycles. The van der Waals surface area contributed by atoms with Crippen molar-refractivity contribution in [2.75, 3.05) is 6.54 Å². The van der Waals surface area contributed by atoms with Crippen LogP contribution in [-0.4, -0.2) is 23.5 Å². The molecule has 0 heterocycles. The van der Waals surface area contributed by atoms with Crippen molar-refractivity contribution in [1.29, 1.82) is 0 Å². The molecule has 4 heteroatoms. The fraction of sp³-hybridized carbons (Fsp3) is 0.833. The molecule has 4 nitrogen and oxygen atoms in total. The van der Waals surface area contributed by atoms with Gasteiger partial charge in [0.2, 0.25) is 5.91 Å².